The van der Waals surface area contributed by atoms with Crippen molar-refractivity contribution in [1.29, 1.82) is 0 Å². The van der Waals surface area contributed by atoms with Crippen molar-refractivity contribution in [1.82, 2.24) is 4.72 Å². The highest BCUT2D eigenvalue weighted by atomic mass is 32.2. The van der Waals surface area contributed by atoms with Crippen molar-refractivity contribution in [2.24, 2.45) is 11.1 Å². The number of nitrogens with two attached hydrogens (primary N) is 1. The van der Waals surface area contributed by atoms with Crippen LogP contribution in [0.3, 0.4) is 0 Å². The second-order valence-corrected chi connectivity index (χ2v) is 6.19. The third-order valence-electron chi connectivity index (χ3n) is 3.06. The Bertz CT molecular complexity index is 269. The average molecular weight is 220 g/mol. The standard InChI is InChI=1S/C9H20N2O2S/c1-14(12,13)11-8-9(7-10)5-3-2-4-6-9/h11H,2-8,10H2,1H3. The topological polar surface area (TPSA) is 72.2 Å². The Balaban J connectivity index is 2.52. The highest BCUT2D eigenvalue weighted by Gasteiger charge is 2.31. The van der Waals surface area contributed by atoms with Gasteiger partial charge in [0.1, 0.15) is 0 Å². The molecule has 0 heterocycles. The van der Waals surface area contributed by atoms with Gasteiger partial charge in [-0.2, -0.15) is 0 Å². The molecule has 0 radical (unpaired) electrons. The molecule has 4 nitrogen and oxygen atoms in total. The Morgan fingerprint density at radius 1 is 1.29 bits per heavy atom. The van der Waals surface area contributed by atoms with Gasteiger partial charge in [0.05, 0.1) is 6.26 Å². The third-order valence-corrected chi connectivity index (χ3v) is 3.73. The van der Waals surface area contributed by atoms with Crippen LogP contribution in [0.2, 0.25) is 0 Å². The van der Waals surface area contributed by atoms with Crippen molar-refractivity contribution in [2.45, 2.75) is 32.1 Å². The first-order chi connectivity index (χ1) is 6.47. The minimum atomic E-state index is -3.08. The lowest BCUT2D eigenvalue weighted by Crippen LogP contribution is -2.43. The van der Waals surface area contributed by atoms with Crippen LogP contribution in [0.4, 0.5) is 0 Å². The molecule has 0 atom stereocenters. The third kappa shape index (κ3) is 3.55. The Morgan fingerprint density at radius 3 is 2.29 bits per heavy atom. The molecule has 0 bridgehead atoms. The minimum Gasteiger partial charge on any atom is -0.330 e. The van der Waals surface area contributed by atoms with Crippen molar-refractivity contribution >= 4 is 10.0 Å². The van der Waals surface area contributed by atoms with Crippen LogP contribution in [0.1, 0.15) is 32.1 Å². The number of hydrogen-bond acceptors (Lipinski definition) is 3. The van der Waals surface area contributed by atoms with Gasteiger partial charge in [0.15, 0.2) is 0 Å². The summed E-state index contributed by atoms with van der Waals surface area (Å²) in [6.45, 7) is 1.08. The maximum absolute atomic E-state index is 11.0. The Morgan fingerprint density at radius 2 is 1.86 bits per heavy atom. The van der Waals surface area contributed by atoms with E-state index in [0.29, 0.717) is 13.1 Å². The smallest absolute Gasteiger partial charge is 0.208 e. The summed E-state index contributed by atoms with van der Waals surface area (Å²) in [5, 5.41) is 0. The maximum Gasteiger partial charge on any atom is 0.208 e. The number of rotatable bonds is 4. The van der Waals surface area contributed by atoms with E-state index in [2.05, 4.69) is 4.72 Å². The second-order valence-electron chi connectivity index (χ2n) is 4.36. The van der Waals surface area contributed by atoms with Crippen molar-refractivity contribution in [3.05, 3.63) is 0 Å². The van der Waals surface area contributed by atoms with Gasteiger partial charge in [0, 0.05) is 6.54 Å². The predicted molar refractivity (Wildman–Crippen MR) is 57.4 cm³/mol. The van der Waals surface area contributed by atoms with Crippen molar-refractivity contribution in [2.75, 3.05) is 19.3 Å². The van der Waals surface area contributed by atoms with Gasteiger partial charge in [-0.05, 0) is 24.8 Å². The van der Waals surface area contributed by atoms with Gasteiger partial charge in [-0.1, -0.05) is 19.3 Å². The lowest BCUT2D eigenvalue weighted by molar-refractivity contribution is 0.202. The minimum absolute atomic E-state index is 0.0152. The zero-order chi connectivity index (χ0) is 10.7. The molecular formula is C9H20N2O2S. The molecule has 0 spiro atoms. The largest absolute Gasteiger partial charge is 0.330 e. The molecule has 84 valence electrons. The van der Waals surface area contributed by atoms with Crippen LogP contribution in [0.5, 0.6) is 0 Å². The first kappa shape index (κ1) is 11.9. The maximum atomic E-state index is 11.0. The molecule has 1 aliphatic carbocycles. The molecule has 1 aliphatic rings. The molecule has 1 fully saturated rings. The van der Waals surface area contributed by atoms with E-state index >= 15 is 0 Å². The fourth-order valence-corrected chi connectivity index (χ4v) is 2.61. The molecule has 1 saturated carbocycles. The predicted octanol–water partition coefficient (Wildman–Crippen LogP) is 0.445. The van der Waals surface area contributed by atoms with Gasteiger partial charge in [0.25, 0.3) is 0 Å². The van der Waals surface area contributed by atoms with Crippen molar-refractivity contribution < 1.29 is 8.42 Å². The Kier molecular flexibility index (Phi) is 3.92. The van der Waals surface area contributed by atoms with Gasteiger partial charge in [-0.15, -0.1) is 0 Å². The van der Waals surface area contributed by atoms with Gasteiger partial charge in [0.2, 0.25) is 10.0 Å². The van der Waals surface area contributed by atoms with E-state index in [-0.39, 0.29) is 5.41 Å². The summed E-state index contributed by atoms with van der Waals surface area (Å²) in [6.07, 6.45) is 6.88. The van der Waals surface area contributed by atoms with Gasteiger partial charge < -0.3 is 5.73 Å². The molecule has 0 aromatic carbocycles. The van der Waals surface area contributed by atoms with Crippen LogP contribution in [0.25, 0.3) is 0 Å². The molecule has 0 aromatic heterocycles. The number of hydrogen-bond donors (Lipinski definition) is 2. The van der Waals surface area contributed by atoms with Crippen LogP contribution >= 0.6 is 0 Å². The van der Waals surface area contributed by atoms with Crippen molar-refractivity contribution in [3.63, 3.8) is 0 Å². The molecule has 0 amide bonds. The fraction of sp³-hybridized carbons (Fsp3) is 1.00. The average Bonchev–Trinajstić information content (AvgIpc) is 2.15. The second kappa shape index (κ2) is 4.59. The quantitative estimate of drug-likeness (QED) is 0.722. The number of nitrogens with one attached hydrogen (secondary N) is 1. The first-order valence-electron chi connectivity index (χ1n) is 5.12. The van der Waals surface area contributed by atoms with Gasteiger partial charge in [-0.3, -0.25) is 0 Å². The highest BCUT2D eigenvalue weighted by Crippen LogP contribution is 2.34. The summed E-state index contributed by atoms with van der Waals surface area (Å²) in [5.41, 5.74) is 5.75. The Labute approximate surface area is 86.3 Å². The lowest BCUT2D eigenvalue weighted by Gasteiger charge is -2.36. The monoisotopic (exact) mass is 220 g/mol. The molecule has 0 aliphatic heterocycles. The summed E-state index contributed by atoms with van der Waals surface area (Å²) < 4.78 is 24.5. The van der Waals surface area contributed by atoms with Crippen LogP contribution in [-0.4, -0.2) is 27.8 Å². The van der Waals surface area contributed by atoms with E-state index in [1.165, 1.54) is 25.5 Å². The first-order valence-corrected chi connectivity index (χ1v) is 7.01. The van der Waals surface area contributed by atoms with Gasteiger partial charge in [-0.25, -0.2) is 13.1 Å². The molecule has 0 aromatic rings. The summed E-state index contributed by atoms with van der Waals surface area (Å²) in [4.78, 5) is 0. The van der Waals surface area contributed by atoms with E-state index in [4.69, 9.17) is 5.73 Å². The fourth-order valence-electron chi connectivity index (χ4n) is 2.04. The van der Waals surface area contributed by atoms with E-state index in [9.17, 15) is 8.42 Å². The zero-order valence-electron chi connectivity index (χ0n) is 8.75. The number of sulfonamides is 1. The van der Waals surface area contributed by atoms with Crippen LogP contribution in [0, 0.1) is 5.41 Å². The molecule has 5 heteroatoms. The van der Waals surface area contributed by atoms with Crippen LogP contribution in [0.15, 0.2) is 0 Å². The molecule has 3 N–H and O–H groups in total. The summed E-state index contributed by atoms with van der Waals surface area (Å²) in [5.74, 6) is 0. The van der Waals surface area contributed by atoms with E-state index in [1.54, 1.807) is 0 Å². The van der Waals surface area contributed by atoms with Crippen LogP contribution in [-0.2, 0) is 10.0 Å². The van der Waals surface area contributed by atoms with E-state index in [0.717, 1.165) is 12.8 Å². The van der Waals surface area contributed by atoms with Crippen molar-refractivity contribution in [3.8, 4) is 0 Å². The molecular weight excluding hydrogens is 200 g/mol. The molecule has 14 heavy (non-hydrogen) atoms. The summed E-state index contributed by atoms with van der Waals surface area (Å²) in [6, 6.07) is 0. The molecule has 1 rings (SSSR count). The summed E-state index contributed by atoms with van der Waals surface area (Å²) in [7, 11) is -3.08. The molecule has 0 saturated heterocycles. The van der Waals surface area contributed by atoms with Gasteiger partial charge >= 0.3 is 0 Å². The zero-order valence-corrected chi connectivity index (χ0v) is 9.57. The Hall–Kier alpha value is -0.130. The highest BCUT2D eigenvalue weighted by molar-refractivity contribution is 7.88. The normalized spacial score (nSPS) is 22.1. The van der Waals surface area contributed by atoms with E-state index in [1.807, 2.05) is 0 Å². The SMILES string of the molecule is CS(=O)(=O)NCC1(CN)CCCCC1. The molecule has 0 unspecified atom stereocenters. The lowest BCUT2D eigenvalue weighted by atomic mass is 9.74. The van der Waals surface area contributed by atoms with E-state index < -0.39 is 10.0 Å². The van der Waals surface area contributed by atoms with Crippen LogP contribution < -0.4 is 10.5 Å². The summed E-state index contributed by atoms with van der Waals surface area (Å²) >= 11 is 0.